The van der Waals surface area contributed by atoms with Gasteiger partial charge < -0.3 is 4.23 Å². The predicted molar refractivity (Wildman–Crippen MR) is 97.3 cm³/mol. The molecule has 0 spiro atoms. The highest BCUT2D eigenvalue weighted by Crippen LogP contribution is 2.46. The lowest BCUT2D eigenvalue weighted by Gasteiger charge is -2.46. The average Bonchev–Trinajstić information content (AvgIpc) is 2.71. The van der Waals surface area contributed by atoms with Crippen molar-refractivity contribution >= 4 is 14.0 Å². The van der Waals surface area contributed by atoms with Crippen LogP contribution in [0.5, 0.6) is 0 Å². The average molecular weight is 320 g/mol. The van der Waals surface area contributed by atoms with Gasteiger partial charge in [0.05, 0.1) is 0 Å². The van der Waals surface area contributed by atoms with Crippen molar-refractivity contribution in [2.45, 2.75) is 84.9 Å². The van der Waals surface area contributed by atoms with Crippen LogP contribution in [0.15, 0.2) is 12.3 Å². The Morgan fingerprint density at radius 1 is 1.00 bits per heavy atom. The van der Waals surface area contributed by atoms with Gasteiger partial charge in [-0.3, -0.25) is 4.79 Å². The molecule has 1 heterocycles. The minimum absolute atomic E-state index is 0.0886. The number of ketones is 1. The third-order valence-corrected chi connectivity index (χ3v) is 12.6. The number of fused-ring (bicyclic) bond motifs is 1. The van der Waals surface area contributed by atoms with Crippen LogP contribution in [0.3, 0.4) is 0 Å². The first-order chi connectivity index (χ1) is 10.0. The molecule has 0 radical (unpaired) electrons. The van der Waals surface area contributed by atoms with E-state index in [9.17, 15) is 4.79 Å². The summed E-state index contributed by atoms with van der Waals surface area (Å²) in [6.45, 7) is 18.8. The molecular formula is C19H33NOSi. The minimum Gasteiger partial charge on any atom is -0.376 e. The molecule has 22 heavy (non-hydrogen) atoms. The number of carbonyl (C=O) groups excluding carboxylic acids is 1. The van der Waals surface area contributed by atoms with E-state index < -0.39 is 8.24 Å². The van der Waals surface area contributed by atoms with Gasteiger partial charge in [-0.25, -0.2) is 0 Å². The number of carbonyl (C=O) groups is 1. The van der Waals surface area contributed by atoms with Crippen LogP contribution in [0.4, 0.5) is 0 Å². The van der Waals surface area contributed by atoms with Gasteiger partial charge in [0.1, 0.15) is 0 Å². The maximum absolute atomic E-state index is 12.6. The lowest BCUT2D eigenvalue weighted by atomic mass is 9.76. The number of rotatable bonds is 4. The lowest BCUT2D eigenvalue weighted by Crippen LogP contribution is -2.53. The third kappa shape index (κ3) is 2.51. The highest BCUT2D eigenvalue weighted by molar-refractivity contribution is 6.82. The second kappa shape index (κ2) is 5.66. The largest absolute Gasteiger partial charge is 0.376 e. The van der Waals surface area contributed by atoms with Gasteiger partial charge in [0, 0.05) is 17.7 Å². The fourth-order valence-electron chi connectivity index (χ4n) is 5.14. The Balaban J connectivity index is 2.69. The summed E-state index contributed by atoms with van der Waals surface area (Å²) in [5.41, 5.74) is 4.38. The quantitative estimate of drug-likeness (QED) is 0.656. The molecule has 124 valence electrons. The van der Waals surface area contributed by atoms with Crippen LogP contribution >= 0.6 is 0 Å². The van der Waals surface area contributed by atoms with Crippen LogP contribution in [0.2, 0.25) is 16.6 Å². The second-order valence-corrected chi connectivity index (χ2v) is 14.6. The van der Waals surface area contributed by atoms with Crippen LogP contribution in [-0.2, 0) is 6.42 Å². The fraction of sp³-hybridized carbons (Fsp3) is 0.737. The fourth-order valence-corrected chi connectivity index (χ4v) is 11.8. The van der Waals surface area contributed by atoms with Crippen LogP contribution in [-0.4, -0.2) is 18.3 Å². The molecule has 0 bridgehead atoms. The molecule has 0 unspecified atom stereocenters. The first-order valence-electron chi connectivity index (χ1n) is 8.78. The Morgan fingerprint density at radius 3 is 1.95 bits per heavy atom. The highest BCUT2D eigenvalue weighted by atomic mass is 28.3. The summed E-state index contributed by atoms with van der Waals surface area (Å²) in [6, 6.07) is 2.10. The van der Waals surface area contributed by atoms with Crippen LogP contribution in [0.25, 0.3) is 0 Å². The molecule has 0 aromatic carbocycles. The van der Waals surface area contributed by atoms with Crippen molar-refractivity contribution < 1.29 is 4.79 Å². The summed E-state index contributed by atoms with van der Waals surface area (Å²) in [7, 11) is -1.76. The topological polar surface area (TPSA) is 22.0 Å². The molecule has 0 aliphatic heterocycles. The van der Waals surface area contributed by atoms with E-state index in [2.05, 4.69) is 71.9 Å². The molecule has 0 saturated carbocycles. The van der Waals surface area contributed by atoms with E-state index in [0.717, 1.165) is 12.0 Å². The minimum atomic E-state index is -1.76. The predicted octanol–water partition coefficient (Wildman–Crippen LogP) is 5.67. The smallest absolute Gasteiger partial charge is 0.169 e. The SMILES string of the molecule is CC(C)[Si](C(C)C)(C(C)C)n1ccc2c1CC(C)(C)CC2=O. The summed E-state index contributed by atoms with van der Waals surface area (Å²) < 4.78 is 2.61. The lowest BCUT2D eigenvalue weighted by molar-refractivity contribution is 0.0911. The summed E-state index contributed by atoms with van der Waals surface area (Å²) in [6.07, 6.45) is 3.96. The normalized spacial score (nSPS) is 18.4. The van der Waals surface area contributed by atoms with Crippen molar-refractivity contribution in [3.63, 3.8) is 0 Å². The third-order valence-electron chi connectivity index (χ3n) is 5.77. The van der Waals surface area contributed by atoms with E-state index in [1.165, 1.54) is 5.69 Å². The van der Waals surface area contributed by atoms with Gasteiger partial charge in [-0.05, 0) is 40.7 Å². The van der Waals surface area contributed by atoms with Gasteiger partial charge in [0.25, 0.3) is 0 Å². The van der Waals surface area contributed by atoms with Crippen molar-refractivity contribution in [1.29, 1.82) is 0 Å². The standard InChI is InChI=1S/C19H33NOSi/c1-13(2)22(14(3)4,15(5)6)20-10-9-16-17(20)11-19(7,8)12-18(16)21/h9-10,13-15H,11-12H2,1-8H3. The number of hydrogen-bond donors (Lipinski definition) is 0. The van der Waals surface area contributed by atoms with Crippen molar-refractivity contribution in [2.24, 2.45) is 5.41 Å². The monoisotopic (exact) mass is 319 g/mol. The zero-order valence-electron chi connectivity index (χ0n) is 15.7. The van der Waals surface area contributed by atoms with Crippen LogP contribution in [0, 0.1) is 5.41 Å². The van der Waals surface area contributed by atoms with Gasteiger partial charge in [-0.15, -0.1) is 0 Å². The van der Waals surface area contributed by atoms with Crippen molar-refractivity contribution in [2.75, 3.05) is 0 Å². The molecule has 1 aromatic heterocycles. The Morgan fingerprint density at radius 2 is 1.50 bits per heavy atom. The molecule has 0 saturated heterocycles. The molecule has 0 amide bonds. The number of nitrogens with zero attached hydrogens (tertiary/aromatic N) is 1. The number of aromatic nitrogens is 1. The van der Waals surface area contributed by atoms with Crippen molar-refractivity contribution in [3.8, 4) is 0 Å². The maximum Gasteiger partial charge on any atom is 0.169 e. The van der Waals surface area contributed by atoms with Gasteiger partial charge >= 0.3 is 0 Å². The zero-order chi connectivity index (χ0) is 16.9. The first kappa shape index (κ1) is 17.5. The number of hydrogen-bond acceptors (Lipinski definition) is 1. The summed E-state index contributed by atoms with van der Waals surface area (Å²) in [4.78, 5) is 12.6. The van der Waals surface area contributed by atoms with E-state index in [0.29, 0.717) is 28.8 Å². The summed E-state index contributed by atoms with van der Waals surface area (Å²) in [5, 5.41) is 0. The van der Waals surface area contributed by atoms with Gasteiger partial charge in [0.15, 0.2) is 14.0 Å². The van der Waals surface area contributed by atoms with Gasteiger partial charge in [-0.2, -0.15) is 0 Å². The molecule has 0 N–H and O–H groups in total. The molecule has 1 aromatic rings. The Hall–Kier alpha value is -0.833. The van der Waals surface area contributed by atoms with Crippen molar-refractivity contribution in [1.82, 2.24) is 4.23 Å². The molecule has 2 rings (SSSR count). The Labute approximate surface area is 137 Å². The van der Waals surface area contributed by atoms with E-state index >= 15 is 0 Å². The highest BCUT2D eigenvalue weighted by Gasteiger charge is 2.47. The molecule has 2 nitrogen and oxygen atoms in total. The molecule has 1 aliphatic rings. The Bertz CT molecular complexity index is 544. The van der Waals surface area contributed by atoms with E-state index in [1.807, 2.05) is 0 Å². The van der Waals surface area contributed by atoms with Crippen LogP contribution in [0.1, 0.15) is 77.9 Å². The van der Waals surface area contributed by atoms with Gasteiger partial charge in [0.2, 0.25) is 0 Å². The van der Waals surface area contributed by atoms with Crippen molar-refractivity contribution in [3.05, 3.63) is 23.5 Å². The summed E-state index contributed by atoms with van der Waals surface area (Å²) >= 11 is 0. The molecule has 3 heteroatoms. The van der Waals surface area contributed by atoms with E-state index in [4.69, 9.17) is 0 Å². The molecule has 0 fully saturated rings. The molecular weight excluding hydrogens is 286 g/mol. The second-order valence-electron chi connectivity index (χ2n) is 8.84. The first-order valence-corrected chi connectivity index (χ1v) is 11.0. The summed E-state index contributed by atoms with van der Waals surface area (Å²) in [5.74, 6) is 0.337. The van der Waals surface area contributed by atoms with E-state index in [1.54, 1.807) is 0 Å². The van der Waals surface area contributed by atoms with E-state index in [-0.39, 0.29) is 5.41 Å². The Kier molecular flexibility index (Phi) is 4.51. The zero-order valence-corrected chi connectivity index (χ0v) is 16.7. The number of Topliss-reactive ketones (excluding diaryl/α,β-unsaturated/α-hetero) is 1. The molecule has 0 atom stereocenters. The van der Waals surface area contributed by atoms with Gasteiger partial charge in [-0.1, -0.05) is 55.4 Å². The maximum atomic E-state index is 12.6. The molecule has 1 aliphatic carbocycles. The van der Waals surface area contributed by atoms with Crippen LogP contribution < -0.4 is 0 Å².